The van der Waals surface area contributed by atoms with Crippen molar-refractivity contribution < 1.29 is 0 Å². The molecule has 1 aromatic rings. The second kappa shape index (κ2) is 6.52. The standard InChI is InChI=1S/C13H21BrN4O/c1-10-5-3-4-7-18(10)8-6-15-11-9-16-17(2)13(19)12(11)14/h9-10,15H,3-8H2,1-2H3. The lowest BCUT2D eigenvalue weighted by atomic mass is 10.0. The summed E-state index contributed by atoms with van der Waals surface area (Å²) in [4.78, 5) is 14.2. The van der Waals surface area contributed by atoms with Gasteiger partial charge in [-0.05, 0) is 42.2 Å². The highest BCUT2D eigenvalue weighted by Crippen LogP contribution is 2.17. The summed E-state index contributed by atoms with van der Waals surface area (Å²) in [7, 11) is 1.65. The largest absolute Gasteiger partial charge is 0.381 e. The van der Waals surface area contributed by atoms with Crippen molar-refractivity contribution in [3.05, 3.63) is 21.0 Å². The van der Waals surface area contributed by atoms with Gasteiger partial charge in [0.1, 0.15) is 4.47 Å². The fourth-order valence-corrected chi connectivity index (χ4v) is 2.96. The van der Waals surface area contributed by atoms with E-state index in [9.17, 15) is 4.79 Å². The van der Waals surface area contributed by atoms with Gasteiger partial charge in [-0.2, -0.15) is 5.10 Å². The lowest BCUT2D eigenvalue weighted by Gasteiger charge is -2.33. The van der Waals surface area contributed by atoms with Crippen LogP contribution in [0.15, 0.2) is 15.5 Å². The number of rotatable bonds is 4. The number of anilines is 1. The highest BCUT2D eigenvalue weighted by molar-refractivity contribution is 9.10. The van der Waals surface area contributed by atoms with E-state index in [4.69, 9.17) is 0 Å². The molecule has 0 aliphatic carbocycles. The van der Waals surface area contributed by atoms with Gasteiger partial charge in [-0.3, -0.25) is 9.69 Å². The Morgan fingerprint density at radius 3 is 3.05 bits per heavy atom. The van der Waals surface area contributed by atoms with E-state index in [-0.39, 0.29) is 5.56 Å². The molecule has 5 nitrogen and oxygen atoms in total. The molecule has 0 amide bonds. The predicted molar refractivity (Wildman–Crippen MR) is 80.6 cm³/mol. The van der Waals surface area contributed by atoms with Gasteiger partial charge >= 0.3 is 0 Å². The van der Waals surface area contributed by atoms with Crippen LogP contribution in [0.3, 0.4) is 0 Å². The maximum Gasteiger partial charge on any atom is 0.282 e. The molecule has 1 unspecified atom stereocenters. The summed E-state index contributed by atoms with van der Waals surface area (Å²) in [6, 6.07) is 0.667. The highest BCUT2D eigenvalue weighted by atomic mass is 79.9. The van der Waals surface area contributed by atoms with Crippen LogP contribution in [0.1, 0.15) is 26.2 Å². The van der Waals surface area contributed by atoms with Crippen molar-refractivity contribution in [3.63, 3.8) is 0 Å². The first-order valence-electron chi connectivity index (χ1n) is 6.79. The second-order valence-electron chi connectivity index (χ2n) is 5.11. The average molecular weight is 329 g/mol. The summed E-state index contributed by atoms with van der Waals surface area (Å²) >= 11 is 3.32. The van der Waals surface area contributed by atoms with Crippen LogP contribution in [0.25, 0.3) is 0 Å². The van der Waals surface area contributed by atoms with Crippen LogP contribution < -0.4 is 10.9 Å². The number of piperidine rings is 1. The van der Waals surface area contributed by atoms with E-state index in [1.54, 1.807) is 13.2 Å². The molecule has 19 heavy (non-hydrogen) atoms. The Bertz CT molecular complexity index is 488. The van der Waals surface area contributed by atoms with E-state index < -0.39 is 0 Å². The van der Waals surface area contributed by atoms with Crippen LogP contribution in [0, 0.1) is 0 Å². The summed E-state index contributed by atoms with van der Waals surface area (Å²) in [5.41, 5.74) is 0.657. The Balaban J connectivity index is 1.89. The smallest absolute Gasteiger partial charge is 0.282 e. The number of halogens is 1. The summed E-state index contributed by atoms with van der Waals surface area (Å²) in [6.07, 6.45) is 5.61. The zero-order chi connectivity index (χ0) is 13.8. The first-order chi connectivity index (χ1) is 9.09. The summed E-state index contributed by atoms with van der Waals surface area (Å²) < 4.78 is 1.87. The number of nitrogens with one attached hydrogen (secondary N) is 1. The van der Waals surface area contributed by atoms with Gasteiger partial charge in [0, 0.05) is 26.2 Å². The second-order valence-corrected chi connectivity index (χ2v) is 5.90. The van der Waals surface area contributed by atoms with Gasteiger partial charge < -0.3 is 5.32 Å². The Kier molecular flexibility index (Phi) is 4.99. The van der Waals surface area contributed by atoms with Gasteiger partial charge in [-0.1, -0.05) is 6.42 Å². The zero-order valence-corrected chi connectivity index (χ0v) is 13.1. The van der Waals surface area contributed by atoms with Gasteiger partial charge in [-0.25, -0.2) is 4.68 Å². The van der Waals surface area contributed by atoms with Gasteiger partial charge in [0.15, 0.2) is 0 Å². The molecule has 1 N–H and O–H groups in total. The number of aryl methyl sites for hydroxylation is 1. The summed E-state index contributed by atoms with van der Waals surface area (Å²) in [6.45, 7) is 5.30. The third-order valence-corrected chi connectivity index (χ3v) is 4.50. The lowest BCUT2D eigenvalue weighted by molar-refractivity contribution is 0.167. The van der Waals surface area contributed by atoms with E-state index in [0.29, 0.717) is 10.5 Å². The van der Waals surface area contributed by atoms with Crippen LogP contribution in [-0.2, 0) is 7.05 Å². The molecule has 6 heteroatoms. The SMILES string of the molecule is CC1CCCCN1CCNc1cnn(C)c(=O)c1Br. The fraction of sp³-hybridized carbons (Fsp3) is 0.692. The molecule has 1 saturated heterocycles. The minimum absolute atomic E-state index is 0.114. The third kappa shape index (κ3) is 3.57. The minimum Gasteiger partial charge on any atom is -0.381 e. The molecular formula is C13H21BrN4O. The topological polar surface area (TPSA) is 50.2 Å². The molecule has 1 aliphatic heterocycles. The van der Waals surface area contributed by atoms with Crippen molar-refractivity contribution in [2.24, 2.45) is 7.05 Å². The molecular weight excluding hydrogens is 308 g/mol. The molecule has 106 valence electrons. The maximum atomic E-state index is 11.7. The van der Waals surface area contributed by atoms with Gasteiger partial charge in [0.05, 0.1) is 11.9 Å². The molecule has 1 atom stereocenters. The van der Waals surface area contributed by atoms with Crippen molar-refractivity contribution in [2.75, 3.05) is 25.0 Å². The molecule has 1 fully saturated rings. The Labute approximate surface area is 122 Å². The van der Waals surface area contributed by atoms with Gasteiger partial charge in [0.25, 0.3) is 5.56 Å². The molecule has 2 heterocycles. The number of nitrogens with zero attached hydrogens (tertiary/aromatic N) is 3. The number of aromatic nitrogens is 2. The quantitative estimate of drug-likeness (QED) is 0.916. The van der Waals surface area contributed by atoms with Gasteiger partial charge in [-0.15, -0.1) is 0 Å². The van der Waals surface area contributed by atoms with E-state index in [1.165, 1.54) is 30.5 Å². The van der Waals surface area contributed by atoms with Gasteiger partial charge in [0.2, 0.25) is 0 Å². The number of likely N-dealkylation sites (tertiary alicyclic amines) is 1. The molecule has 1 aliphatic rings. The normalized spacial score (nSPS) is 20.5. The van der Waals surface area contributed by atoms with Crippen LogP contribution >= 0.6 is 15.9 Å². The van der Waals surface area contributed by atoms with E-state index in [1.807, 2.05) is 0 Å². The molecule has 1 aromatic heterocycles. The zero-order valence-electron chi connectivity index (χ0n) is 11.5. The first-order valence-corrected chi connectivity index (χ1v) is 7.58. The molecule has 0 aromatic carbocycles. The first kappa shape index (κ1) is 14.5. The summed E-state index contributed by atoms with van der Waals surface area (Å²) in [5, 5.41) is 7.30. The highest BCUT2D eigenvalue weighted by Gasteiger charge is 2.17. The van der Waals surface area contributed by atoms with Crippen LogP contribution in [0.4, 0.5) is 5.69 Å². The third-order valence-electron chi connectivity index (χ3n) is 3.73. The van der Waals surface area contributed by atoms with Crippen molar-refractivity contribution >= 4 is 21.6 Å². The Morgan fingerprint density at radius 2 is 2.32 bits per heavy atom. The van der Waals surface area contributed by atoms with Crippen molar-refractivity contribution in [2.45, 2.75) is 32.2 Å². The van der Waals surface area contributed by atoms with Crippen molar-refractivity contribution in [3.8, 4) is 0 Å². The van der Waals surface area contributed by atoms with Crippen LogP contribution in [-0.4, -0.2) is 40.4 Å². The average Bonchev–Trinajstić information content (AvgIpc) is 2.41. The molecule has 0 saturated carbocycles. The Morgan fingerprint density at radius 1 is 1.53 bits per heavy atom. The van der Waals surface area contributed by atoms with Crippen LogP contribution in [0.2, 0.25) is 0 Å². The minimum atomic E-state index is -0.114. The van der Waals surface area contributed by atoms with Crippen LogP contribution in [0.5, 0.6) is 0 Å². The van der Waals surface area contributed by atoms with E-state index >= 15 is 0 Å². The van der Waals surface area contributed by atoms with Crippen molar-refractivity contribution in [1.29, 1.82) is 0 Å². The monoisotopic (exact) mass is 328 g/mol. The maximum absolute atomic E-state index is 11.7. The summed E-state index contributed by atoms with van der Waals surface area (Å²) in [5.74, 6) is 0. The predicted octanol–water partition coefficient (Wildman–Crippen LogP) is 1.83. The lowest BCUT2D eigenvalue weighted by Crippen LogP contribution is -2.40. The Hall–Kier alpha value is -0.880. The molecule has 0 spiro atoms. The molecule has 0 radical (unpaired) electrons. The fourth-order valence-electron chi connectivity index (χ4n) is 2.46. The van der Waals surface area contributed by atoms with Crippen molar-refractivity contribution in [1.82, 2.24) is 14.7 Å². The van der Waals surface area contributed by atoms with E-state index in [2.05, 4.69) is 38.2 Å². The van der Waals surface area contributed by atoms with E-state index in [0.717, 1.165) is 18.8 Å². The number of hydrogen-bond acceptors (Lipinski definition) is 4. The number of hydrogen-bond donors (Lipinski definition) is 1. The molecule has 2 rings (SSSR count). The molecule has 0 bridgehead atoms.